The SMILES string of the molecule is CC.COc1ccc(NC(=O)C2CC2)cc1.OC1CN(c2nc(C3CC3)nc(Nc3n[nH]c4ccccc34)c2Cl)C1. The van der Waals surface area contributed by atoms with Crippen molar-refractivity contribution in [1.29, 1.82) is 0 Å². The molecule has 7 rings (SSSR count). The van der Waals surface area contributed by atoms with Gasteiger partial charge in [-0.25, -0.2) is 9.97 Å². The van der Waals surface area contributed by atoms with E-state index >= 15 is 0 Å². The third kappa shape index (κ3) is 6.89. The van der Waals surface area contributed by atoms with Gasteiger partial charge in [-0.1, -0.05) is 37.6 Å². The molecule has 10 nitrogen and oxygen atoms in total. The standard InChI is InChI=1S/C17H17ClN6O.C11H13NO2.C2H6/c18-13-16(20-15-11-3-1-2-4-12(11)22-23-15)19-14(9-5-6-9)21-17(13)24-7-10(25)8-24;1-14-10-6-4-9(5-7-10)12-11(13)8-2-3-8;1-2/h1-4,9-10,25H,5-8H2,(H2,19,20,21,22,23);4-8H,2-3H2,1H3,(H,12,13);1-2H3. The lowest BCUT2D eigenvalue weighted by Gasteiger charge is -2.37. The fraction of sp³-hybridized carbons (Fsp3) is 0.400. The minimum absolute atomic E-state index is 0.134. The number of H-pyrrole nitrogens is 1. The van der Waals surface area contributed by atoms with Crippen molar-refractivity contribution in [3.8, 4) is 5.75 Å². The number of aromatic nitrogens is 4. The van der Waals surface area contributed by atoms with E-state index in [1.807, 2.05) is 67.3 Å². The second-order valence-corrected chi connectivity index (χ2v) is 10.5. The summed E-state index contributed by atoms with van der Waals surface area (Å²) in [7, 11) is 1.62. The minimum Gasteiger partial charge on any atom is -0.497 e. The van der Waals surface area contributed by atoms with Crippen LogP contribution in [0.5, 0.6) is 5.75 Å². The number of carbonyl (C=O) groups excluding carboxylic acids is 1. The number of hydrogen-bond donors (Lipinski definition) is 4. The first-order valence-corrected chi connectivity index (χ1v) is 14.5. The van der Waals surface area contributed by atoms with Crippen molar-refractivity contribution in [3.63, 3.8) is 0 Å². The summed E-state index contributed by atoms with van der Waals surface area (Å²) >= 11 is 6.58. The molecule has 1 saturated heterocycles. The van der Waals surface area contributed by atoms with Crippen LogP contribution < -0.4 is 20.3 Å². The Hall–Kier alpha value is -3.89. The lowest BCUT2D eigenvalue weighted by molar-refractivity contribution is -0.117. The zero-order valence-electron chi connectivity index (χ0n) is 23.5. The summed E-state index contributed by atoms with van der Waals surface area (Å²) in [5.41, 5.74) is 1.78. The second kappa shape index (κ2) is 12.7. The average Bonchev–Trinajstić information content (AvgIpc) is 3.92. The summed E-state index contributed by atoms with van der Waals surface area (Å²) in [5, 5.41) is 24.5. The van der Waals surface area contributed by atoms with Gasteiger partial charge < -0.3 is 25.4 Å². The zero-order chi connectivity index (χ0) is 28.9. The third-order valence-electron chi connectivity index (χ3n) is 6.97. The average molecular weight is 578 g/mol. The van der Waals surface area contributed by atoms with E-state index in [1.54, 1.807) is 7.11 Å². The molecule has 4 aromatic rings. The van der Waals surface area contributed by atoms with Gasteiger partial charge in [0.1, 0.15) is 16.6 Å². The Kier molecular flexibility index (Phi) is 8.90. The number of nitrogens with zero attached hydrogens (tertiary/aromatic N) is 4. The molecule has 0 spiro atoms. The predicted molar refractivity (Wildman–Crippen MR) is 162 cm³/mol. The highest BCUT2D eigenvalue weighted by Crippen LogP contribution is 2.42. The fourth-order valence-corrected chi connectivity index (χ4v) is 4.58. The van der Waals surface area contributed by atoms with E-state index in [9.17, 15) is 9.90 Å². The van der Waals surface area contributed by atoms with Crippen molar-refractivity contribution in [2.45, 2.75) is 51.6 Å². The Labute approximate surface area is 244 Å². The van der Waals surface area contributed by atoms with Crippen molar-refractivity contribution in [2.75, 3.05) is 35.7 Å². The number of aliphatic hydroxyl groups is 1. The van der Waals surface area contributed by atoms with Crippen LogP contribution in [0.1, 0.15) is 51.3 Å². The maximum absolute atomic E-state index is 11.4. The zero-order valence-corrected chi connectivity index (χ0v) is 24.3. The normalized spacial score (nSPS) is 16.1. The molecule has 2 aromatic carbocycles. The number of halogens is 1. The molecule has 1 amide bonds. The number of β-amino-alcohol motifs (C(OH)–C–C–N with tert-alkyl or cyclic N) is 1. The van der Waals surface area contributed by atoms with Crippen molar-refractivity contribution < 1.29 is 14.6 Å². The topological polar surface area (TPSA) is 128 Å². The van der Waals surface area contributed by atoms with Crippen molar-refractivity contribution in [3.05, 3.63) is 59.4 Å². The van der Waals surface area contributed by atoms with Crippen LogP contribution in [0.25, 0.3) is 10.9 Å². The number of rotatable bonds is 7. The van der Waals surface area contributed by atoms with Gasteiger partial charge in [-0.3, -0.25) is 9.89 Å². The molecule has 0 bridgehead atoms. The summed E-state index contributed by atoms with van der Waals surface area (Å²) in [4.78, 5) is 22.7. The Morgan fingerprint density at radius 2 is 1.73 bits per heavy atom. The molecule has 0 radical (unpaired) electrons. The third-order valence-corrected chi connectivity index (χ3v) is 7.32. The maximum Gasteiger partial charge on any atom is 0.227 e. The van der Waals surface area contributed by atoms with E-state index in [4.69, 9.17) is 16.3 Å². The molecule has 2 aliphatic carbocycles. The minimum atomic E-state index is -0.317. The fourth-order valence-electron chi connectivity index (χ4n) is 4.33. The number of carbonyl (C=O) groups is 1. The number of aliphatic hydroxyl groups excluding tert-OH is 1. The smallest absolute Gasteiger partial charge is 0.227 e. The van der Waals surface area contributed by atoms with Crippen LogP contribution >= 0.6 is 11.6 Å². The van der Waals surface area contributed by atoms with Gasteiger partial charge in [0.2, 0.25) is 5.91 Å². The highest BCUT2D eigenvalue weighted by atomic mass is 35.5. The van der Waals surface area contributed by atoms with Crippen LogP contribution in [0.4, 0.5) is 23.1 Å². The molecular weight excluding hydrogens is 542 g/mol. The maximum atomic E-state index is 11.4. The van der Waals surface area contributed by atoms with E-state index in [-0.39, 0.29) is 17.9 Å². The molecule has 2 aromatic heterocycles. The van der Waals surface area contributed by atoms with Gasteiger partial charge in [-0.2, -0.15) is 5.10 Å². The van der Waals surface area contributed by atoms with Crippen LogP contribution in [0.2, 0.25) is 5.02 Å². The van der Waals surface area contributed by atoms with Gasteiger partial charge >= 0.3 is 0 Å². The molecule has 3 heterocycles. The lowest BCUT2D eigenvalue weighted by Crippen LogP contribution is -2.51. The van der Waals surface area contributed by atoms with Gasteiger partial charge in [0.05, 0.1) is 18.7 Å². The Bertz CT molecular complexity index is 1480. The van der Waals surface area contributed by atoms with Crippen LogP contribution in [0.3, 0.4) is 0 Å². The van der Waals surface area contributed by atoms with Crippen LogP contribution in [-0.2, 0) is 4.79 Å². The van der Waals surface area contributed by atoms with Crippen molar-refractivity contribution >= 4 is 51.6 Å². The number of ether oxygens (including phenoxy) is 1. The monoisotopic (exact) mass is 577 g/mol. The van der Waals surface area contributed by atoms with E-state index < -0.39 is 0 Å². The van der Waals surface area contributed by atoms with Gasteiger partial charge in [0.15, 0.2) is 17.5 Å². The van der Waals surface area contributed by atoms with Gasteiger partial charge in [-0.15, -0.1) is 0 Å². The Balaban J connectivity index is 0.000000180. The van der Waals surface area contributed by atoms with Crippen LogP contribution in [0, 0.1) is 5.92 Å². The lowest BCUT2D eigenvalue weighted by atomic mass is 10.1. The first-order chi connectivity index (χ1) is 20.0. The molecular formula is C30H36ClN7O3. The molecule has 3 fully saturated rings. The molecule has 41 heavy (non-hydrogen) atoms. The first kappa shape index (κ1) is 28.6. The number of hydrogen-bond acceptors (Lipinski definition) is 8. The Morgan fingerprint density at radius 1 is 1.02 bits per heavy atom. The molecule has 1 aliphatic heterocycles. The van der Waals surface area contributed by atoms with Gasteiger partial charge in [0.25, 0.3) is 0 Å². The number of aromatic amines is 1. The number of nitrogens with one attached hydrogen (secondary N) is 3. The number of methoxy groups -OCH3 is 1. The molecule has 0 atom stereocenters. The molecule has 0 unspecified atom stereocenters. The number of benzene rings is 2. The number of anilines is 4. The second-order valence-electron chi connectivity index (χ2n) is 10.1. The molecule has 3 aliphatic rings. The van der Waals surface area contributed by atoms with Crippen LogP contribution in [0.15, 0.2) is 48.5 Å². The summed E-state index contributed by atoms with van der Waals surface area (Å²) in [6, 6.07) is 15.2. The van der Waals surface area contributed by atoms with Crippen LogP contribution in [-0.4, -0.2) is 57.5 Å². The van der Waals surface area contributed by atoms with E-state index in [0.29, 0.717) is 41.5 Å². The van der Waals surface area contributed by atoms with E-state index in [1.165, 1.54) is 0 Å². The molecule has 216 valence electrons. The summed E-state index contributed by atoms with van der Waals surface area (Å²) < 4.78 is 5.02. The molecule has 2 saturated carbocycles. The van der Waals surface area contributed by atoms with Gasteiger partial charge in [-0.05, 0) is 62.1 Å². The Morgan fingerprint density at radius 3 is 2.37 bits per heavy atom. The number of para-hydroxylation sites is 1. The summed E-state index contributed by atoms with van der Waals surface area (Å²) in [5.74, 6) is 4.33. The highest BCUT2D eigenvalue weighted by Gasteiger charge is 2.33. The molecule has 11 heteroatoms. The van der Waals surface area contributed by atoms with E-state index in [0.717, 1.165) is 53.8 Å². The van der Waals surface area contributed by atoms with Crippen molar-refractivity contribution in [2.24, 2.45) is 5.92 Å². The summed E-state index contributed by atoms with van der Waals surface area (Å²) in [6.07, 6.45) is 3.95. The van der Waals surface area contributed by atoms with Gasteiger partial charge in [0, 0.05) is 36.0 Å². The molecule has 4 N–H and O–H groups in total. The highest BCUT2D eigenvalue weighted by molar-refractivity contribution is 6.35. The summed E-state index contributed by atoms with van der Waals surface area (Å²) in [6.45, 7) is 5.09. The quantitative estimate of drug-likeness (QED) is 0.214. The number of amides is 1. The van der Waals surface area contributed by atoms with E-state index in [2.05, 4.69) is 30.8 Å². The number of fused-ring (bicyclic) bond motifs is 1. The first-order valence-electron chi connectivity index (χ1n) is 14.1. The van der Waals surface area contributed by atoms with Crippen molar-refractivity contribution in [1.82, 2.24) is 20.2 Å². The predicted octanol–water partition coefficient (Wildman–Crippen LogP) is 5.88. The largest absolute Gasteiger partial charge is 0.497 e.